The number of benzene rings is 1. The lowest BCUT2D eigenvalue weighted by molar-refractivity contribution is 0.289. The van der Waals surface area contributed by atoms with Gasteiger partial charge in [0.05, 0.1) is 0 Å². The number of fused-ring (bicyclic) bond motifs is 1. The molecular formula is C17H26N2. The lowest BCUT2D eigenvalue weighted by Gasteiger charge is -2.19. The van der Waals surface area contributed by atoms with Crippen LogP contribution in [0.25, 0.3) is 0 Å². The zero-order chi connectivity index (χ0) is 13.1. The number of hydrogen-bond donors (Lipinski definition) is 1. The molecule has 2 aliphatic heterocycles. The van der Waals surface area contributed by atoms with Gasteiger partial charge in [0.1, 0.15) is 0 Å². The molecule has 0 aliphatic carbocycles. The zero-order valence-corrected chi connectivity index (χ0v) is 12.1. The molecule has 1 atom stereocenters. The average Bonchev–Trinajstić information content (AvgIpc) is 2.62. The van der Waals surface area contributed by atoms with Gasteiger partial charge in [-0.1, -0.05) is 25.0 Å². The van der Waals surface area contributed by atoms with E-state index in [1.807, 2.05) is 0 Å². The van der Waals surface area contributed by atoms with Crippen molar-refractivity contribution >= 4 is 5.69 Å². The third-order valence-corrected chi connectivity index (χ3v) is 4.51. The molecule has 0 spiro atoms. The second-order valence-electron chi connectivity index (χ2n) is 6.25. The summed E-state index contributed by atoms with van der Waals surface area (Å²) in [6.45, 7) is 6.12. The Kier molecular flexibility index (Phi) is 4.07. The lowest BCUT2D eigenvalue weighted by Crippen LogP contribution is -2.26. The molecule has 0 radical (unpaired) electrons. The van der Waals surface area contributed by atoms with Crippen LogP contribution in [0.1, 0.15) is 43.7 Å². The number of nitrogens with one attached hydrogen (secondary N) is 1. The minimum Gasteiger partial charge on any atom is -0.382 e. The van der Waals surface area contributed by atoms with Crippen molar-refractivity contribution in [3.8, 4) is 0 Å². The van der Waals surface area contributed by atoms with E-state index in [0.29, 0.717) is 6.04 Å². The lowest BCUT2D eigenvalue weighted by atomic mass is 10.0. The summed E-state index contributed by atoms with van der Waals surface area (Å²) >= 11 is 0. The molecular weight excluding hydrogens is 232 g/mol. The minimum absolute atomic E-state index is 0.607. The maximum absolute atomic E-state index is 3.53. The van der Waals surface area contributed by atoms with Gasteiger partial charge in [-0.05, 0) is 62.9 Å². The summed E-state index contributed by atoms with van der Waals surface area (Å²) < 4.78 is 0. The molecule has 1 aromatic carbocycles. The van der Waals surface area contributed by atoms with Gasteiger partial charge in [0.15, 0.2) is 0 Å². The molecule has 0 bridgehead atoms. The highest BCUT2D eigenvalue weighted by atomic mass is 15.1. The quantitative estimate of drug-likeness (QED) is 0.893. The fraction of sp³-hybridized carbons (Fsp3) is 0.647. The molecule has 2 heterocycles. The summed E-state index contributed by atoms with van der Waals surface area (Å²) in [5.41, 5.74) is 4.38. The number of anilines is 1. The highest BCUT2D eigenvalue weighted by Crippen LogP contribution is 2.26. The summed E-state index contributed by atoms with van der Waals surface area (Å²) in [4.78, 5) is 2.65. The Labute approximate surface area is 117 Å². The first-order valence-corrected chi connectivity index (χ1v) is 7.92. The maximum atomic E-state index is 3.53. The van der Waals surface area contributed by atoms with Crippen molar-refractivity contribution in [1.29, 1.82) is 0 Å². The van der Waals surface area contributed by atoms with Gasteiger partial charge in [0.25, 0.3) is 0 Å². The maximum Gasteiger partial charge on any atom is 0.0375 e. The predicted octanol–water partition coefficient (Wildman–Crippen LogP) is 3.46. The normalized spacial score (nSPS) is 23.7. The summed E-state index contributed by atoms with van der Waals surface area (Å²) in [5.74, 6) is 0. The van der Waals surface area contributed by atoms with Crippen LogP contribution in [0.4, 0.5) is 5.69 Å². The van der Waals surface area contributed by atoms with E-state index in [4.69, 9.17) is 0 Å². The van der Waals surface area contributed by atoms with Gasteiger partial charge in [-0.25, -0.2) is 0 Å². The third kappa shape index (κ3) is 3.30. The molecule has 1 unspecified atom stereocenters. The Morgan fingerprint density at radius 1 is 1.16 bits per heavy atom. The largest absolute Gasteiger partial charge is 0.382 e. The third-order valence-electron chi connectivity index (χ3n) is 4.51. The molecule has 104 valence electrons. The van der Waals surface area contributed by atoms with Crippen molar-refractivity contribution in [3.05, 3.63) is 29.3 Å². The van der Waals surface area contributed by atoms with Crippen molar-refractivity contribution in [3.63, 3.8) is 0 Å². The van der Waals surface area contributed by atoms with Crippen molar-refractivity contribution in [2.45, 2.75) is 51.5 Å². The SMILES string of the molecule is CC1Cc2cc(CCN3CCCCCC3)ccc2N1. The van der Waals surface area contributed by atoms with Crippen LogP contribution in [0, 0.1) is 0 Å². The molecule has 0 saturated carbocycles. The fourth-order valence-electron chi connectivity index (χ4n) is 3.41. The highest BCUT2D eigenvalue weighted by molar-refractivity contribution is 5.57. The number of rotatable bonds is 3. The predicted molar refractivity (Wildman–Crippen MR) is 81.8 cm³/mol. The van der Waals surface area contributed by atoms with E-state index in [1.54, 1.807) is 0 Å². The summed E-state index contributed by atoms with van der Waals surface area (Å²) in [6.07, 6.45) is 8.05. The number of hydrogen-bond acceptors (Lipinski definition) is 2. The van der Waals surface area contributed by atoms with Crippen molar-refractivity contribution in [2.75, 3.05) is 25.0 Å². The molecule has 2 heteroatoms. The van der Waals surface area contributed by atoms with Gasteiger partial charge in [-0.15, -0.1) is 0 Å². The van der Waals surface area contributed by atoms with Crippen LogP contribution in [-0.2, 0) is 12.8 Å². The Hall–Kier alpha value is -1.02. The second kappa shape index (κ2) is 5.96. The van der Waals surface area contributed by atoms with Gasteiger partial charge in [-0.3, -0.25) is 0 Å². The molecule has 1 saturated heterocycles. The molecule has 1 N–H and O–H groups in total. The molecule has 3 rings (SSSR count). The van der Waals surface area contributed by atoms with Gasteiger partial charge < -0.3 is 10.2 Å². The van der Waals surface area contributed by atoms with E-state index in [-0.39, 0.29) is 0 Å². The molecule has 2 nitrogen and oxygen atoms in total. The van der Waals surface area contributed by atoms with Crippen LogP contribution in [0.15, 0.2) is 18.2 Å². The van der Waals surface area contributed by atoms with E-state index in [9.17, 15) is 0 Å². The Balaban J connectivity index is 1.57. The van der Waals surface area contributed by atoms with Crippen molar-refractivity contribution in [2.24, 2.45) is 0 Å². The first-order chi connectivity index (χ1) is 9.31. The zero-order valence-electron chi connectivity index (χ0n) is 12.1. The first-order valence-electron chi connectivity index (χ1n) is 7.92. The fourth-order valence-corrected chi connectivity index (χ4v) is 3.41. The van der Waals surface area contributed by atoms with Crippen LogP contribution >= 0.6 is 0 Å². The molecule has 1 fully saturated rings. The van der Waals surface area contributed by atoms with E-state index in [2.05, 4.69) is 35.3 Å². The smallest absolute Gasteiger partial charge is 0.0375 e. The summed E-state index contributed by atoms with van der Waals surface area (Å²) in [5, 5.41) is 3.53. The number of likely N-dealkylation sites (tertiary alicyclic amines) is 1. The molecule has 19 heavy (non-hydrogen) atoms. The highest BCUT2D eigenvalue weighted by Gasteiger charge is 2.16. The van der Waals surface area contributed by atoms with Crippen LogP contribution < -0.4 is 5.32 Å². The molecule has 2 aliphatic rings. The molecule has 0 amide bonds. The summed E-state index contributed by atoms with van der Waals surface area (Å²) in [6, 6.07) is 7.61. The van der Waals surface area contributed by atoms with Gasteiger partial charge >= 0.3 is 0 Å². The van der Waals surface area contributed by atoms with E-state index < -0.39 is 0 Å². The van der Waals surface area contributed by atoms with E-state index in [0.717, 1.165) is 0 Å². The van der Waals surface area contributed by atoms with Crippen molar-refractivity contribution in [1.82, 2.24) is 4.90 Å². The van der Waals surface area contributed by atoms with Gasteiger partial charge in [-0.2, -0.15) is 0 Å². The van der Waals surface area contributed by atoms with Crippen LogP contribution in [0.3, 0.4) is 0 Å². The van der Waals surface area contributed by atoms with Crippen LogP contribution in [0.2, 0.25) is 0 Å². The van der Waals surface area contributed by atoms with E-state index in [1.165, 1.54) is 75.0 Å². The summed E-state index contributed by atoms with van der Waals surface area (Å²) in [7, 11) is 0. The molecule has 0 aromatic heterocycles. The topological polar surface area (TPSA) is 15.3 Å². The van der Waals surface area contributed by atoms with Crippen LogP contribution in [0.5, 0.6) is 0 Å². The first kappa shape index (κ1) is 13.0. The number of nitrogens with zero attached hydrogens (tertiary/aromatic N) is 1. The average molecular weight is 258 g/mol. The van der Waals surface area contributed by atoms with Crippen LogP contribution in [-0.4, -0.2) is 30.6 Å². The molecule has 1 aromatic rings. The minimum atomic E-state index is 0.607. The Morgan fingerprint density at radius 3 is 2.74 bits per heavy atom. The Morgan fingerprint density at radius 2 is 1.95 bits per heavy atom. The van der Waals surface area contributed by atoms with E-state index >= 15 is 0 Å². The standard InChI is InChI=1S/C17H26N2/c1-14-12-16-13-15(6-7-17(16)18-14)8-11-19-9-4-2-3-5-10-19/h6-7,13-14,18H,2-5,8-12H2,1H3. The van der Waals surface area contributed by atoms with Crippen molar-refractivity contribution < 1.29 is 0 Å². The van der Waals surface area contributed by atoms with Gasteiger partial charge in [0.2, 0.25) is 0 Å². The second-order valence-corrected chi connectivity index (χ2v) is 6.25. The Bertz CT molecular complexity index is 419. The monoisotopic (exact) mass is 258 g/mol. The van der Waals surface area contributed by atoms with Gasteiger partial charge in [0, 0.05) is 18.3 Å².